The van der Waals surface area contributed by atoms with Gasteiger partial charge in [-0.3, -0.25) is 0 Å². The summed E-state index contributed by atoms with van der Waals surface area (Å²) < 4.78 is 0. The second kappa shape index (κ2) is 21.1. The Balaban J connectivity index is 0.000000565. The van der Waals surface area contributed by atoms with Crippen LogP contribution in [-0.4, -0.2) is 7.05 Å². The molecule has 0 saturated carbocycles. The van der Waals surface area contributed by atoms with E-state index in [1.165, 1.54) is 38.7 Å². The Hall–Kier alpha value is -6.38. The van der Waals surface area contributed by atoms with Gasteiger partial charge in [-0.05, 0) is 96.1 Å². The SMILES string of the molecule is C=C/C=C\C.C=CC.CC.CN(c1ccc(N(c2ccc(-c3ccccc3)cc2)c2ccc(-c3ccccc3)cc2)cc1)c1cccc2ccccc12. The van der Waals surface area contributed by atoms with Crippen LogP contribution in [0.15, 0.2) is 213 Å². The average molecular weight is 693 g/mol. The fourth-order valence-corrected chi connectivity index (χ4v) is 5.92. The van der Waals surface area contributed by atoms with Crippen molar-refractivity contribution in [3.63, 3.8) is 0 Å². The molecule has 2 heteroatoms. The van der Waals surface area contributed by atoms with Crippen molar-refractivity contribution in [2.45, 2.75) is 27.7 Å². The monoisotopic (exact) mass is 692 g/mol. The number of allylic oxidation sites excluding steroid dienone is 4. The van der Waals surface area contributed by atoms with Crippen LogP contribution in [0.25, 0.3) is 33.0 Å². The molecule has 7 aromatic carbocycles. The van der Waals surface area contributed by atoms with Crippen molar-refractivity contribution >= 4 is 39.2 Å². The second-order valence-electron chi connectivity index (χ2n) is 11.9. The summed E-state index contributed by atoms with van der Waals surface area (Å²) in [5, 5.41) is 2.49. The standard InChI is InChI=1S/C41H32N2.C5H8.C3H6.C2H6/c1-42(41-18-10-16-35-15-8-9-17-40(35)41)36-27-29-39(30-28-36)43(37-23-19-33(20-24-37)31-11-4-2-5-12-31)38-25-21-34(22-26-38)32-13-6-3-7-14-32;1-3-5-4-2;1-3-2;1-2/h2-30H,1H3;3-5H,1H2,2H3;3H,1H2,2H3;1-2H3/b;5-4-;;. The molecule has 0 fully saturated rings. The highest BCUT2D eigenvalue weighted by Gasteiger charge is 2.15. The molecule has 0 spiro atoms. The van der Waals surface area contributed by atoms with Gasteiger partial charge in [-0.15, -0.1) is 6.58 Å². The third kappa shape index (κ3) is 10.6. The van der Waals surface area contributed by atoms with Crippen molar-refractivity contribution in [1.82, 2.24) is 0 Å². The molecule has 0 radical (unpaired) electrons. The molecule has 0 unspecified atom stereocenters. The van der Waals surface area contributed by atoms with Crippen LogP contribution in [0.5, 0.6) is 0 Å². The quantitative estimate of drug-likeness (QED) is 0.116. The van der Waals surface area contributed by atoms with Crippen molar-refractivity contribution in [3.05, 3.63) is 213 Å². The molecular formula is C51H52N2. The number of fused-ring (bicyclic) bond motifs is 1. The fourth-order valence-electron chi connectivity index (χ4n) is 5.92. The fraction of sp³-hybridized carbons (Fsp3) is 0.0980. The zero-order valence-corrected chi connectivity index (χ0v) is 31.9. The minimum Gasteiger partial charge on any atom is -0.344 e. The van der Waals surface area contributed by atoms with Crippen molar-refractivity contribution in [1.29, 1.82) is 0 Å². The van der Waals surface area contributed by atoms with Gasteiger partial charge in [0.1, 0.15) is 0 Å². The van der Waals surface area contributed by atoms with Crippen LogP contribution in [0.3, 0.4) is 0 Å². The summed E-state index contributed by atoms with van der Waals surface area (Å²) in [7, 11) is 2.14. The smallest absolute Gasteiger partial charge is 0.0487 e. The number of benzene rings is 7. The molecule has 7 rings (SSSR count). The number of anilines is 5. The molecule has 7 aromatic rings. The summed E-state index contributed by atoms with van der Waals surface area (Å²) in [4.78, 5) is 4.59. The maximum absolute atomic E-state index is 3.46. The Labute approximate surface area is 318 Å². The third-order valence-electron chi connectivity index (χ3n) is 8.42. The maximum Gasteiger partial charge on any atom is 0.0487 e. The highest BCUT2D eigenvalue weighted by atomic mass is 15.1. The van der Waals surface area contributed by atoms with E-state index in [1.54, 1.807) is 12.2 Å². The predicted octanol–water partition coefficient (Wildman–Crippen LogP) is 15.4. The zero-order chi connectivity index (χ0) is 37.8. The summed E-state index contributed by atoms with van der Waals surface area (Å²) in [6.45, 7) is 14.7. The van der Waals surface area contributed by atoms with Crippen LogP contribution in [0.4, 0.5) is 28.4 Å². The normalized spacial score (nSPS) is 10.1. The van der Waals surface area contributed by atoms with Crippen molar-refractivity contribution in [3.8, 4) is 22.3 Å². The van der Waals surface area contributed by atoms with Gasteiger partial charge in [0, 0.05) is 40.9 Å². The van der Waals surface area contributed by atoms with Crippen LogP contribution < -0.4 is 9.80 Å². The lowest BCUT2D eigenvalue weighted by Crippen LogP contribution is -2.12. The molecule has 53 heavy (non-hydrogen) atoms. The highest BCUT2D eigenvalue weighted by molar-refractivity contribution is 5.96. The summed E-state index contributed by atoms with van der Waals surface area (Å²) in [5.74, 6) is 0. The lowest BCUT2D eigenvalue weighted by Gasteiger charge is -2.27. The van der Waals surface area contributed by atoms with Crippen LogP contribution in [-0.2, 0) is 0 Å². The van der Waals surface area contributed by atoms with Crippen LogP contribution in [0.2, 0.25) is 0 Å². The Morgan fingerprint density at radius 1 is 0.434 bits per heavy atom. The molecule has 0 N–H and O–H groups in total. The first-order chi connectivity index (χ1) is 26.1. The lowest BCUT2D eigenvalue weighted by molar-refractivity contribution is 1.21. The Kier molecular flexibility index (Phi) is 15.7. The Morgan fingerprint density at radius 3 is 1.25 bits per heavy atom. The van der Waals surface area contributed by atoms with Gasteiger partial charge >= 0.3 is 0 Å². The Bertz CT molecular complexity index is 2040. The minimum absolute atomic E-state index is 1.11. The average Bonchev–Trinajstić information content (AvgIpc) is 3.23. The maximum atomic E-state index is 3.46. The zero-order valence-electron chi connectivity index (χ0n) is 31.9. The summed E-state index contributed by atoms with van der Waals surface area (Å²) in [5.41, 5.74) is 10.5. The van der Waals surface area contributed by atoms with Crippen LogP contribution >= 0.6 is 0 Å². The molecule has 0 heterocycles. The third-order valence-corrected chi connectivity index (χ3v) is 8.42. The molecular weight excluding hydrogens is 641 g/mol. The predicted molar refractivity (Wildman–Crippen MR) is 236 cm³/mol. The van der Waals surface area contributed by atoms with E-state index in [-0.39, 0.29) is 0 Å². The molecule has 0 amide bonds. The van der Waals surface area contributed by atoms with Crippen molar-refractivity contribution < 1.29 is 0 Å². The van der Waals surface area contributed by atoms with Gasteiger partial charge in [-0.25, -0.2) is 0 Å². The number of rotatable bonds is 8. The number of hydrogen-bond acceptors (Lipinski definition) is 2. The van der Waals surface area contributed by atoms with E-state index in [4.69, 9.17) is 0 Å². The van der Waals surface area contributed by atoms with Crippen molar-refractivity contribution in [2.24, 2.45) is 0 Å². The van der Waals surface area contributed by atoms with Crippen LogP contribution in [0, 0.1) is 0 Å². The van der Waals surface area contributed by atoms with Gasteiger partial charge in [-0.2, -0.15) is 0 Å². The van der Waals surface area contributed by atoms with E-state index in [0.29, 0.717) is 0 Å². The van der Waals surface area contributed by atoms with Gasteiger partial charge in [0.15, 0.2) is 0 Å². The van der Waals surface area contributed by atoms with E-state index < -0.39 is 0 Å². The topological polar surface area (TPSA) is 6.48 Å². The second-order valence-corrected chi connectivity index (χ2v) is 11.9. The van der Waals surface area contributed by atoms with E-state index in [2.05, 4.69) is 206 Å². The van der Waals surface area contributed by atoms with Crippen LogP contribution in [0.1, 0.15) is 27.7 Å². The van der Waals surface area contributed by atoms with Gasteiger partial charge in [0.2, 0.25) is 0 Å². The number of nitrogens with zero attached hydrogens (tertiary/aromatic N) is 2. The van der Waals surface area contributed by atoms with E-state index in [9.17, 15) is 0 Å². The van der Waals surface area contributed by atoms with Gasteiger partial charge in [0.25, 0.3) is 0 Å². The first-order valence-electron chi connectivity index (χ1n) is 18.3. The van der Waals surface area contributed by atoms with E-state index in [1.807, 2.05) is 39.8 Å². The first kappa shape index (κ1) is 39.4. The number of hydrogen-bond donors (Lipinski definition) is 0. The molecule has 0 bridgehead atoms. The summed E-state index contributed by atoms with van der Waals surface area (Å²) in [6.07, 6.45) is 7.33. The molecule has 0 aromatic heterocycles. The molecule has 0 aliphatic heterocycles. The largest absolute Gasteiger partial charge is 0.344 e. The molecule has 0 saturated heterocycles. The van der Waals surface area contributed by atoms with E-state index in [0.717, 1.165) is 22.7 Å². The minimum atomic E-state index is 1.11. The lowest BCUT2D eigenvalue weighted by atomic mass is 10.0. The molecule has 2 nitrogen and oxygen atoms in total. The molecule has 0 atom stereocenters. The first-order valence-corrected chi connectivity index (χ1v) is 18.3. The van der Waals surface area contributed by atoms with Gasteiger partial charge in [0.05, 0.1) is 0 Å². The van der Waals surface area contributed by atoms with Gasteiger partial charge < -0.3 is 9.80 Å². The summed E-state index contributed by atoms with van der Waals surface area (Å²) >= 11 is 0. The van der Waals surface area contributed by atoms with Gasteiger partial charge in [-0.1, -0.05) is 166 Å². The highest BCUT2D eigenvalue weighted by Crippen LogP contribution is 2.38. The van der Waals surface area contributed by atoms with Crippen molar-refractivity contribution in [2.75, 3.05) is 16.8 Å². The molecule has 0 aliphatic carbocycles. The summed E-state index contributed by atoms with van der Waals surface area (Å²) in [6, 6.07) is 62.6. The Morgan fingerprint density at radius 2 is 0.811 bits per heavy atom. The van der Waals surface area contributed by atoms with E-state index >= 15 is 0 Å². The molecule has 0 aliphatic rings. The molecule has 266 valence electrons.